The van der Waals surface area contributed by atoms with E-state index in [1.165, 1.54) is 12.8 Å². The predicted molar refractivity (Wildman–Crippen MR) is 136 cm³/mol. The molecule has 2 fully saturated rings. The van der Waals surface area contributed by atoms with E-state index in [4.69, 9.17) is 9.47 Å². The van der Waals surface area contributed by atoms with Gasteiger partial charge in [0.15, 0.2) is 0 Å². The standard InChI is InChI=1S/C27H39N5O4/c1-18(2)35-26(33)20-8-7-11-23(16-20)36-22-14-12-19(13-15-22)25-24(32(4)30-29-25)17-28-27(34)31(3)21-9-5-6-10-21/h12-15,18,20-21,23H,5-11,16-17H2,1-4H3,(H,28,34)/t20-,23-/m0/s1. The van der Waals surface area contributed by atoms with Crippen LogP contribution >= 0.6 is 0 Å². The molecule has 2 atom stereocenters. The number of benzene rings is 1. The summed E-state index contributed by atoms with van der Waals surface area (Å²) in [7, 11) is 3.70. The summed E-state index contributed by atoms with van der Waals surface area (Å²) in [5.41, 5.74) is 2.49. The van der Waals surface area contributed by atoms with Crippen molar-refractivity contribution >= 4 is 12.0 Å². The fraction of sp³-hybridized carbons (Fsp3) is 0.630. The smallest absolute Gasteiger partial charge is 0.317 e. The van der Waals surface area contributed by atoms with Crippen LogP contribution in [0, 0.1) is 5.92 Å². The number of aromatic nitrogens is 3. The molecule has 36 heavy (non-hydrogen) atoms. The Balaban J connectivity index is 1.35. The largest absolute Gasteiger partial charge is 0.490 e. The van der Waals surface area contributed by atoms with E-state index in [0.717, 1.165) is 54.8 Å². The van der Waals surface area contributed by atoms with Crippen LogP contribution in [-0.4, -0.2) is 57.2 Å². The molecule has 2 aliphatic rings. The molecule has 4 rings (SSSR count). The van der Waals surface area contributed by atoms with Crippen LogP contribution in [0.25, 0.3) is 11.3 Å². The molecule has 0 spiro atoms. The van der Waals surface area contributed by atoms with Gasteiger partial charge < -0.3 is 19.7 Å². The molecule has 2 amide bonds. The van der Waals surface area contributed by atoms with Gasteiger partial charge in [0.05, 0.1) is 30.4 Å². The molecule has 9 heteroatoms. The molecule has 9 nitrogen and oxygen atoms in total. The summed E-state index contributed by atoms with van der Waals surface area (Å²) < 4.78 is 13.3. The van der Waals surface area contributed by atoms with Crippen LogP contribution in [0.15, 0.2) is 24.3 Å². The first-order valence-corrected chi connectivity index (χ1v) is 13.2. The monoisotopic (exact) mass is 497 g/mol. The van der Waals surface area contributed by atoms with Crippen molar-refractivity contribution in [2.75, 3.05) is 7.05 Å². The molecule has 196 valence electrons. The van der Waals surface area contributed by atoms with Crippen LogP contribution in [-0.2, 0) is 23.1 Å². The molecule has 0 bridgehead atoms. The van der Waals surface area contributed by atoms with E-state index in [1.807, 2.05) is 57.1 Å². The second kappa shape index (κ2) is 11.8. The van der Waals surface area contributed by atoms with Gasteiger partial charge in [-0.05, 0) is 76.6 Å². The van der Waals surface area contributed by atoms with Gasteiger partial charge in [0.2, 0.25) is 0 Å². The second-order valence-corrected chi connectivity index (χ2v) is 10.3. The van der Waals surface area contributed by atoms with Gasteiger partial charge in [0, 0.05) is 25.7 Å². The molecule has 0 radical (unpaired) electrons. The maximum Gasteiger partial charge on any atom is 0.317 e. The van der Waals surface area contributed by atoms with E-state index in [-0.39, 0.29) is 30.1 Å². The van der Waals surface area contributed by atoms with Gasteiger partial charge in [0.25, 0.3) is 0 Å². The Bertz CT molecular complexity index is 1030. The zero-order chi connectivity index (χ0) is 25.7. The minimum Gasteiger partial charge on any atom is -0.490 e. The topological polar surface area (TPSA) is 98.6 Å². The zero-order valence-electron chi connectivity index (χ0n) is 21.9. The average Bonchev–Trinajstić information content (AvgIpc) is 3.52. The number of aryl methyl sites for hydroxylation is 1. The summed E-state index contributed by atoms with van der Waals surface area (Å²) in [6, 6.07) is 8.03. The van der Waals surface area contributed by atoms with Gasteiger partial charge >= 0.3 is 12.0 Å². The molecule has 2 aliphatic carbocycles. The van der Waals surface area contributed by atoms with Crippen molar-refractivity contribution in [1.29, 1.82) is 0 Å². The van der Waals surface area contributed by atoms with Gasteiger partial charge in [-0.2, -0.15) is 0 Å². The first kappa shape index (κ1) is 26.0. The molecule has 1 N–H and O–H groups in total. The van der Waals surface area contributed by atoms with Crippen molar-refractivity contribution in [3.05, 3.63) is 30.0 Å². The number of carbonyl (C=O) groups is 2. The maximum absolute atomic E-state index is 12.7. The SMILES string of the molecule is CC(C)OC(=O)[C@H]1CCC[C@H](Oc2ccc(-c3nnn(C)c3CNC(=O)N(C)C3CCCC3)cc2)C1. The maximum atomic E-state index is 12.7. The van der Waals surface area contributed by atoms with E-state index in [9.17, 15) is 9.59 Å². The van der Waals surface area contributed by atoms with Gasteiger partial charge in [-0.1, -0.05) is 18.1 Å². The molecule has 1 aromatic heterocycles. The van der Waals surface area contributed by atoms with Crippen molar-refractivity contribution in [1.82, 2.24) is 25.2 Å². The summed E-state index contributed by atoms with van der Waals surface area (Å²) in [5, 5.41) is 11.5. The summed E-state index contributed by atoms with van der Waals surface area (Å²) in [5.74, 6) is 0.541. The first-order chi connectivity index (χ1) is 17.3. The number of carbonyl (C=O) groups excluding carboxylic acids is 2. The summed E-state index contributed by atoms with van der Waals surface area (Å²) >= 11 is 0. The number of nitrogens with one attached hydrogen (secondary N) is 1. The lowest BCUT2D eigenvalue weighted by atomic mass is 9.87. The van der Waals surface area contributed by atoms with Gasteiger partial charge in [-0.3, -0.25) is 4.79 Å². The van der Waals surface area contributed by atoms with Crippen molar-refractivity contribution in [3.8, 4) is 17.0 Å². The number of rotatable bonds is 8. The quantitative estimate of drug-likeness (QED) is 0.541. The lowest BCUT2D eigenvalue weighted by molar-refractivity contribution is -0.154. The molecular weight excluding hydrogens is 458 g/mol. The van der Waals surface area contributed by atoms with Gasteiger partial charge in [-0.15, -0.1) is 5.10 Å². The fourth-order valence-corrected chi connectivity index (χ4v) is 5.22. The molecule has 2 aromatic rings. The van der Waals surface area contributed by atoms with Crippen LogP contribution in [0.5, 0.6) is 5.75 Å². The van der Waals surface area contributed by atoms with E-state index in [1.54, 1.807) is 4.68 Å². The Morgan fingerprint density at radius 1 is 1.11 bits per heavy atom. The van der Waals surface area contributed by atoms with Gasteiger partial charge in [-0.25, -0.2) is 9.48 Å². The number of amides is 2. The third-order valence-electron chi connectivity index (χ3n) is 7.28. The fourth-order valence-electron chi connectivity index (χ4n) is 5.22. The van der Waals surface area contributed by atoms with Crippen molar-refractivity contribution in [2.45, 2.75) is 90.0 Å². The zero-order valence-corrected chi connectivity index (χ0v) is 21.9. The lowest BCUT2D eigenvalue weighted by Gasteiger charge is -2.29. The Morgan fingerprint density at radius 2 is 1.83 bits per heavy atom. The van der Waals surface area contributed by atoms with Gasteiger partial charge in [0.1, 0.15) is 11.4 Å². The highest BCUT2D eigenvalue weighted by atomic mass is 16.5. The molecule has 0 aliphatic heterocycles. The Kier molecular flexibility index (Phi) is 8.48. The van der Waals surface area contributed by atoms with Crippen molar-refractivity contribution < 1.29 is 19.1 Å². The summed E-state index contributed by atoms with van der Waals surface area (Å²) in [6.07, 6.45) is 7.81. The lowest BCUT2D eigenvalue weighted by Crippen LogP contribution is -2.42. The number of hydrogen-bond donors (Lipinski definition) is 1. The minimum atomic E-state index is -0.120. The molecule has 1 aromatic carbocycles. The van der Waals surface area contributed by atoms with E-state index >= 15 is 0 Å². The van der Waals surface area contributed by atoms with E-state index in [0.29, 0.717) is 19.0 Å². The first-order valence-electron chi connectivity index (χ1n) is 13.2. The Morgan fingerprint density at radius 3 is 2.53 bits per heavy atom. The predicted octanol–water partition coefficient (Wildman–Crippen LogP) is 4.46. The van der Waals surface area contributed by atoms with Crippen LogP contribution in [0.3, 0.4) is 0 Å². The Hall–Kier alpha value is -3.10. The van der Waals surface area contributed by atoms with Crippen LogP contribution in [0.4, 0.5) is 4.79 Å². The Labute approximate surface area is 213 Å². The van der Waals surface area contributed by atoms with E-state index < -0.39 is 0 Å². The summed E-state index contributed by atoms with van der Waals surface area (Å²) in [6.45, 7) is 4.10. The number of nitrogens with zero attached hydrogens (tertiary/aromatic N) is 4. The van der Waals surface area contributed by atoms with Crippen LogP contribution < -0.4 is 10.1 Å². The molecule has 1 heterocycles. The number of ether oxygens (including phenoxy) is 2. The highest BCUT2D eigenvalue weighted by molar-refractivity contribution is 5.74. The normalized spacial score (nSPS) is 20.4. The third kappa shape index (κ3) is 6.36. The number of urea groups is 1. The van der Waals surface area contributed by atoms with Crippen molar-refractivity contribution in [2.24, 2.45) is 13.0 Å². The van der Waals surface area contributed by atoms with Crippen LogP contribution in [0.1, 0.15) is 70.9 Å². The molecular formula is C27H39N5O4. The highest BCUT2D eigenvalue weighted by Crippen LogP contribution is 2.30. The average molecular weight is 498 g/mol. The second-order valence-electron chi connectivity index (χ2n) is 10.3. The minimum absolute atomic E-state index is 0.00606. The number of hydrogen-bond acceptors (Lipinski definition) is 6. The molecule has 0 saturated heterocycles. The number of esters is 1. The highest BCUT2D eigenvalue weighted by Gasteiger charge is 2.30. The van der Waals surface area contributed by atoms with Crippen molar-refractivity contribution in [3.63, 3.8) is 0 Å². The summed E-state index contributed by atoms with van der Waals surface area (Å²) in [4.78, 5) is 26.8. The van der Waals surface area contributed by atoms with Crippen LogP contribution in [0.2, 0.25) is 0 Å². The third-order valence-corrected chi connectivity index (χ3v) is 7.28. The van der Waals surface area contributed by atoms with E-state index in [2.05, 4.69) is 15.6 Å². The molecule has 2 saturated carbocycles. The molecule has 0 unspecified atom stereocenters.